The summed E-state index contributed by atoms with van der Waals surface area (Å²) in [5.41, 5.74) is 1.64. The van der Waals surface area contributed by atoms with Crippen molar-refractivity contribution in [3.8, 4) is 0 Å². The Kier molecular flexibility index (Phi) is 1.90. The van der Waals surface area contributed by atoms with Crippen LogP contribution in [0.5, 0.6) is 0 Å². The van der Waals surface area contributed by atoms with Gasteiger partial charge in [-0.25, -0.2) is 0 Å². The van der Waals surface area contributed by atoms with Crippen LogP contribution in [0.3, 0.4) is 0 Å². The van der Waals surface area contributed by atoms with E-state index in [2.05, 4.69) is 30.1 Å². The number of allylic oxidation sites excluding steroid dienone is 1. The molecular formula is C13H18S2. The smallest absolute Gasteiger partial charge is 0.0704 e. The van der Waals surface area contributed by atoms with Crippen molar-refractivity contribution in [3.05, 3.63) is 12.2 Å². The van der Waals surface area contributed by atoms with Crippen molar-refractivity contribution in [3.63, 3.8) is 0 Å². The number of rotatable bonds is 0. The summed E-state index contributed by atoms with van der Waals surface area (Å²) >= 11 is 4.57. The van der Waals surface area contributed by atoms with Crippen LogP contribution < -0.4 is 0 Å². The Balaban J connectivity index is 1.79. The zero-order chi connectivity index (χ0) is 10.0. The minimum atomic E-state index is 0.602. The van der Waals surface area contributed by atoms with Gasteiger partial charge in [0.05, 0.1) is 4.08 Å². The molecule has 0 aromatic carbocycles. The van der Waals surface area contributed by atoms with E-state index in [1.165, 1.54) is 30.8 Å². The van der Waals surface area contributed by atoms with Crippen LogP contribution >= 0.6 is 23.5 Å². The van der Waals surface area contributed by atoms with E-state index < -0.39 is 0 Å². The molecule has 1 aliphatic heterocycles. The minimum absolute atomic E-state index is 0.602. The second-order valence-corrected chi connectivity index (χ2v) is 8.75. The van der Waals surface area contributed by atoms with E-state index in [1.807, 2.05) is 0 Å². The minimum Gasteiger partial charge on any atom is -0.142 e. The molecule has 4 atom stereocenters. The molecule has 82 valence electrons. The van der Waals surface area contributed by atoms with Crippen LogP contribution in [0, 0.1) is 23.7 Å². The molecule has 2 heteroatoms. The van der Waals surface area contributed by atoms with Gasteiger partial charge in [-0.3, -0.25) is 0 Å². The van der Waals surface area contributed by atoms with E-state index in [0.29, 0.717) is 4.08 Å². The Morgan fingerprint density at radius 1 is 1.07 bits per heavy atom. The maximum atomic E-state index is 4.45. The van der Waals surface area contributed by atoms with Crippen molar-refractivity contribution in [1.29, 1.82) is 0 Å². The van der Waals surface area contributed by atoms with E-state index in [9.17, 15) is 0 Å². The Hall–Kier alpha value is 0.440. The highest BCUT2D eigenvalue weighted by Crippen LogP contribution is 2.69. The first-order valence-electron chi connectivity index (χ1n) is 6.26. The number of thioether (sulfide) groups is 2. The summed E-state index contributed by atoms with van der Waals surface area (Å²) in [7, 11) is 0. The monoisotopic (exact) mass is 238 g/mol. The van der Waals surface area contributed by atoms with Gasteiger partial charge >= 0.3 is 0 Å². The molecule has 5 rings (SSSR count). The average molecular weight is 238 g/mol. The maximum absolute atomic E-state index is 4.45. The first kappa shape index (κ1) is 9.47. The summed E-state index contributed by atoms with van der Waals surface area (Å²) < 4.78 is 0.602. The van der Waals surface area contributed by atoms with Crippen LogP contribution in [0.1, 0.15) is 25.7 Å². The maximum Gasteiger partial charge on any atom is 0.0704 e. The highest BCUT2D eigenvalue weighted by molar-refractivity contribution is 8.21. The second kappa shape index (κ2) is 3.01. The lowest BCUT2D eigenvalue weighted by atomic mass is 9.54. The molecule has 1 spiro atoms. The van der Waals surface area contributed by atoms with Crippen LogP contribution in [0.4, 0.5) is 0 Å². The van der Waals surface area contributed by atoms with Gasteiger partial charge in [0, 0.05) is 17.4 Å². The third-order valence-electron chi connectivity index (χ3n) is 5.14. The standard InChI is InChI=1S/C13H18S2/c1-8-10-4-9-5-11(7-10)13(12(8)6-9)14-2-3-15-13/h9-12H,1-7H2/t9-,10+,11-,12+/m0/s1. The van der Waals surface area contributed by atoms with E-state index in [0.717, 1.165) is 23.7 Å². The van der Waals surface area contributed by atoms with Gasteiger partial charge in [0.2, 0.25) is 0 Å². The van der Waals surface area contributed by atoms with Crippen molar-refractivity contribution in [2.24, 2.45) is 23.7 Å². The molecular weight excluding hydrogens is 220 g/mol. The summed E-state index contributed by atoms with van der Waals surface area (Å²) in [5, 5.41) is 0. The molecule has 0 aromatic rings. The van der Waals surface area contributed by atoms with Crippen molar-refractivity contribution in [1.82, 2.24) is 0 Å². The quantitative estimate of drug-likeness (QED) is 0.589. The second-order valence-electron chi connectivity index (χ2n) is 5.75. The molecule has 0 amide bonds. The lowest BCUT2D eigenvalue weighted by molar-refractivity contribution is 0.0661. The molecule has 5 fully saturated rings. The predicted octanol–water partition coefficient (Wildman–Crippen LogP) is 3.78. The summed E-state index contributed by atoms with van der Waals surface area (Å²) in [6.45, 7) is 4.45. The van der Waals surface area contributed by atoms with Gasteiger partial charge in [0.1, 0.15) is 0 Å². The molecule has 4 bridgehead atoms. The van der Waals surface area contributed by atoms with Gasteiger partial charge in [-0.1, -0.05) is 12.2 Å². The van der Waals surface area contributed by atoms with E-state index in [-0.39, 0.29) is 0 Å². The summed E-state index contributed by atoms with van der Waals surface area (Å²) in [6.07, 6.45) is 5.98. The Bertz CT molecular complexity index is 316. The molecule has 0 aromatic heterocycles. The topological polar surface area (TPSA) is 0 Å². The first-order valence-corrected chi connectivity index (χ1v) is 8.23. The molecule has 4 saturated carbocycles. The molecule has 0 N–H and O–H groups in total. The van der Waals surface area contributed by atoms with E-state index in [4.69, 9.17) is 0 Å². The zero-order valence-corrected chi connectivity index (χ0v) is 10.7. The van der Waals surface area contributed by atoms with Crippen LogP contribution in [0.2, 0.25) is 0 Å². The fourth-order valence-electron chi connectivity index (χ4n) is 4.62. The third-order valence-corrected chi connectivity index (χ3v) is 9.06. The van der Waals surface area contributed by atoms with Gasteiger partial charge in [-0.15, -0.1) is 23.5 Å². The number of hydrogen-bond donors (Lipinski definition) is 0. The molecule has 1 saturated heterocycles. The molecule has 0 radical (unpaired) electrons. The van der Waals surface area contributed by atoms with E-state index in [1.54, 1.807) is 12.0 Å². The summed E-state index contributed by atoms with van der Waals surface area (Å²) in [5.74, 6) is 6.67. The normalized spacial score (nSPS) is 50.5. The Morgan fingerprint density at radius 2 is 1.87 bits per heavy atom. The van der Waals surface area contributed by atoms with Crippen molar-refractivity contribution in [2.75, 3.05) is 11.5 Å². The van der Waals surface area contributed by atoms with Crippen LogP contribution in [-0.2, 0) is 0 Å². The molecule has 0 nitrogen and oxygen atoms in total. The molecule has 5 aliphatic rings. The predicted molar refractivity (Wildman–Crippen MR) is 69.2 cm³/mol. The lowest BCUT2D eigenvalue weighted by Gasteiger charge is -2.60. The lowest BCUT2D eigenvalue weighted by Crippen LogP contribution is -2.54. The SMILES string of the molecule is C=C1[C@@H]2C[C@H]3C[C@@H](C2)C2(SCCS2)[C@@H]1C3. The average Bonchev–Trinajstić information content (AvgIpc) is 2.71. The molecule has 4 aliphatic carbocycles. The summed E-state index contributed by atoms with van der Waals surface area (Å²) in [4.78, 5) is 0. The van der Waals surface area contributed by atoms with Crippen LogP contribution in [0.15, 0.2) is 12.2 Å². The van der Waals surface area contributed by atoms with Gasteiger partial charge in [-0.2, -0.15) is 0 Å². The van der Waals surface area contributed by atoms with Gasteiger partial charge in [-0.05, 0) is 43.4 Å². The fraction of sp³-hybridized carbons (Fsp3) is 0.846. The third kappa shape index (κ3) is 1.08. The van der Waals surface area contributed by atoms with Gasteiger partial charge in [0.25, 0.3) is 0 Å². The Morgan fingerprint density at radius 3 is 2.67 bits per heavy atom. The molecule has 0 unspecified atom stereocenters. The zero-order valence-electron chi connectivity index (χ0n) is 9.08. The van der Waals surface area contributed by atoms with Crippen LogP contribution in [-0.4, -0.2) is 15.6 Å². The van der Waals surface area contributed by atoms with Crippen molar-refractivity contribution >= 4 is 23.5 Å². The fourth-order valence-corrected chi connectivity index (χ4v) is 8.51. The van der Waals surface area contributed by atoms with Crippen LogP contribution in [0.25, 0.3) is 0 Å². The summed E-state index contributed by atoms with van der Waals surface area (Å²) in [6, 6.07) is 0. The van der Waals surface area contributed by atoms with Gasteiger partial charge < -0.3 is 0 Å². The first-order chi connectivity index (χ1) is 7.29. The van der Waals surface area contributed by atoms with Crippen molar-refractivity contribution in [2.45, 2.75) is 29.8 Å². The Labute approximate surface area is 101 Å². The number of hydrogen-bond acceptors (Lipinski definition) is 2. The molecule has 15 heavy (non-hydrogen) atoms. The van der Waals surface area contributed by atoms with Gasteiger partial charge in [0.15, 0.2) is 0 Å². The highest BCUT2D eigenvalue weighted by atomic mass is 32.2. The largest absolute Gasteiger partial charge is 0.142 e. The van der Waals surface area contributed by atoms with Crippen molar-refractivity contribution < 1.29 is 0 Å². The highest BCUT2D eigenvalue weighted by Gasteiger charge is 2.60. The van der Waals surface area contributed by atoms with E-state index >= 15 is 0 Å². The molecule has 1 heterocycles.